The molecule has 8 aromatic rings. The van der Waals surface area contributed by atoms with Crippen LogP contribution in [0.4, 0.5) is 0 Å². The van der Waals surface area contributed by atoms with E-state index in [-0.39, 0.29) is 0 Å². The van der Waals surface area contributed by atoms with E-state index in [1.54, 1.807) is 0 Å². The maximum atomic E-state index is 7.05. The molecule has 0 saturated heterocycles. The van der Waals surface area contributed by atoms with E-state index in [0.29, 0.717) is 0 Å². The highest BCUT2D eigenvalue weighted by Crippen LogP contribution is 2.62. The van der Waals surface area contributed by atoms with Crippen molar-refractivity contribution in [1.29, 1.82) is 0 Å². The van der Waals surface area contributed by atoms with Crippen LogP contribution < -0.4 is 9.47 Å². The molecule has 0 unspecified atom stereocenters. The van der Waals surface area contributed by atoms with Gasteiger partial charge in [0.15, 0.2) is 0 Å². The zero-order valence-electron chi connectivity index (χ0n) is 28.4. The van der Waals surface area contributed by atoms with Crippen molar-refractivity contribution in [1.82, 2.24) is 4.57 Å². The number of para-hydroxylation sites is 3. The van der Waals surface area contributed by atoms with Gasteiger partial charge < -0.3 is 14.0 Å². The third kappa shape index (κ3) is 4.14. The second-order valence-electron chi connectivity index (χ2n) is 13.9. The Morgan fingerprint density at radius 3 is 1.69 bits per heavy atom. The standard InChI is InChI=1S/C49H33NO2/c1-3-13-32(14-4-1)34-24-27-41-47(30-34)52-48-31-35(25-28-42(48)49(41)39-18-8-11-21-45(39)51-46-22-12-9-19-40(46)49)33-23-26-38-37-17-7-10-20-43(37)50(44(38)29-33)36-15-5-2-6-16-36/h1-9,11-19,21-31H,10,20H2. The number of rotatable bonds is 3. The minimum atomic E-state index is -0.639. The highest BCUT2D eigenvalue weighted by molar-refractivity contribution is 5.96. The number of allylic oxidation sites excluding steroid dienone is 1. The monoisotopic (exact) mass is 667 g/mol. The Hall–Kier alpha value is -6.58. The number of hydrogen-bond acceptors (Lipinski definition) is 2. The minimum Gasteiger partial charge on any atom is -0.457 e. The van der Waals surface area contributed by atoms with Crippen molar-refractivity contribution in [3.63, 3.8) is 0 Å². The van der Waals surface area contributed by atoms with Gasteiger partial charge >= 0.3 is 0 Å². The van der Waals surface area contributed by atoms with E-state index in [9.17, 15) is 0 Å². The lowest BCUT2D eigenvalue weighted by atomic mass is 9.62. The predicted octanol–water partition coefficient (Wildman–Crippen LogP) is 12.5. The lowest BCUT2D eigenvalue weighted by molar-refractivity contribution is 0.399. The zero-order chi connectivity index (χ0) is 34.2. The van der Waals surface area contributed by atoms with Crippen LogP contribution in [0.3, 0.4) is 0 Å². The van der Waals surface area contributed by atoms with Crippen molar-refractivity contribution >= 4 is 17.0 Å². The molecule has 52 heavy (non-hydrogen) atoms. The second-order valence-corrected chi connectivity index (χ2v) is 13.9. The van der Waals surface area contributed by atoms with E-state index in [4.69, 9.17) is 9.47 Å². The van der Waals surface area contributed by atoms with Gasteiger partial charge in [0.2, 0.25) is 0 Å². The lowest BCUT2D eigenvalue weighted by Crippen LogP contribution is -2.36. The number of ether oxygens (including phenoxy) is 2. The molecule has 246 valence electrons. The van der Waals surface area contributed by atoms with Gasteiger partial charge in [-0.25, -0.2) is 0 Å². The van der Waals surface area contributed by atoms with Gasteiger partial charge in [-0.3, -0.25) is 0 Å². The molecule has 3 heterocycles. The predicted molar refractivity (Wildman–Crippen MR) is 210 cm³/mol. The summed E-state index contributed by atoms with van der Waals surface area (Å²) < 4.78 is 16.1. The molecule has 0 atom stereocenters. The van der Waals surface area contributed by atoms with Crippen molar-refractivity contribution in [2.75, 3.05) is 0 Å². The van der Waals surface area contributed by atoms with E-state index < -0.39 is 5.41 Å². The van der Waals surface area contributed by atoms with Gasteiger partial charge in [-0.2, -0.15) is 0 Å². The van der Waals surface area contributed by atoms with Gasteiger partial charge in [0.05, 0.1) is 10.9 Å². The van der Waals surface area contributed by atoms with Gasteiger partial charge in [0.1, 0.15) is 23.0 Å². The zero-order valence-corrected chi connectivity index (χ0v) is 28.4. The summed E-state index contributed by atoms with van der Waals surface area (Å²) in [6.07, 6.45) is 6.68. The van der Waals surface area contributed by atoms with Gasteiger partial charge in [-0.15, -0.1) is 0 Å². The maximum absolute atomic E-state index is 7.05. The normalized spacial score (nSPS) is 14.4. The topological polar surface area (TPSA) is 23.4 Å². The molecule has 0 amide bonds. The molecular weight excluding hydrogens is 635 g/mol. The largest absolute Gasteiger partial charge is 0.457 e. The van der Waals surface area contributed by atoms with Crippen LogP contribution in [-0.2, 0) is 11.8 Å². The maximum Gasteiger partial charge on any atom is 0.132 e. The Morgan fingerprint density at radius 1 is 0.462 bits per heavy atom. The fourth-order valence-electron chi connectivity index (χ4n) is 8.93. The van der Waals surface area contributed by atoms with Crippen LogP contribution in [-0.4, -0.2) is 4.57 Å². The van der Waals surface area contributed by atoms with E-state index >= 15 is 0 Å². The fourth-order valence-corrected chi connectivity index (χ4v) is 8.93. The van der Waals surface area contributed by atoms with Crippen molar-refractivity contribution in [2.24, 2.45) is 0 Å². The molecule has 0 radical (unpaired) electrons. The molecule has 1 aliphatic carbocycles. The molecule has 3 nitrogen and oxygen atoms in total. The van der Waals surface area contributed by atoms with E-state index in [1.807, 2.05) is 0 Å². The lowest BCUT2D eigenvalue weighted by Gasteiger charge is -2.45. The summed E-state index contributed by atoms with van der Waals surface area (Å²) in [5.74, 6) is 3.43. The summed E-state index contributed by atoms with van der Waals surface area (Å²) in [6, 6.07) is 58.6. The Labute approximate surface area is 302 Å². The third-order valence-electron chi connectivity index (χ3n) is 11.2. The first-order chi connectivity index (χ1) is 25.8. The molecule has 3 aliphatic rings. The summed E-state index contributed by atoms with van der Waals surface area (Å²) in [4.78, 5) is 0. The highest BCUT2D eigenvalue weighted by Gasteiger charge is 2.50. The average Bonchev–Trinajstić information content (AvgIpc) is 3.54. The van der Waals surface area contributed by atoms with Crippen LogP contribution in [0.25, 0.3) is 44.9 Å². The molecule has 7 aromatic carbocycles. The Kier molecular flexibility index (Phi) is 6.29. The van der Waals surface area contributed by atoms with E-state index in [0.717, 1.165) is 80.3 Å². The molecule has 3 heteroatoms. The number of benzene rings is 7. The van der Waals surface area contributed by atoms with Crippen molar-refractivity contribution in [3.05, 3.63) is 203 Å². The Balaban J connectivity index is 1.15. The number of nitrogens with zero attached hydrogens (tertiary/aromatic N) is 1. The minimum absolute atomic E-state index is 0.639. The Bertz CT molecular complexity index is 2690. The summed E-state index contributed by atoms with van der Waals surface area (Å²) in [5.41, 5.74) is 13.5. The molecule has 0 fully saturated rings. The molecule has 0 saturated carbocycles. The summed E-state index contributed by atoms with van der Waals surface area (Å²) in [5, 5.41) is 1.28. The first kappa shape index (κ1) is 29.2. The molecular formula is C49H33NO2. The van der Waals surface area contributed by atoms with Gasteiger partial charge in [-0.05, 0) is 77.6 Å². The second kappa shape index (κ2) is 11.2. The van der Waals surface area contributed by atoms with E-state index in [2.05, 4.69) is 181 Å². The quantitative estimate of drug-likeness (QED) is 0.187. The third-order valence-corrected chi connectivity index (χ3v) is 11.2. The van der Waals surface area contributed by atoms with Crippen LogP contribution >= 0.6 is 0 Å². The molecule has 0 N–H and O–H groups in total. The molecule has 11 rings (SSSR count). The van der Waals surface area contributed by atoms with Gasteiger partial charge in [-0.1, -0.05) is 133 Å². The Morgan fingerprint density at radius 2 is 1.00 bits per heavy atom. The number of aromatic nitrogens is 1. The molecule has 1 aromatic heterocycles. The van der Waals surface area contributed by atoms with Crippen LogP contribution in [0.2, 0.25) is 0 Å². The van der Waals surface area contributed by atoms with Crippen molar-refractivity contribution < 1.29 is 9.47 Å². The van der Waals surface area contributed by atoms with Gasteiger partial charge in [0, 0.05) is 44.6 Å². The summed E-state index contributed by atoms with van der Waals surface area (Å²) >= 11 is 0. The first-order valence-electron chi connectivity index (χ1n) is 18.1. The molecule has 1 spiro atoms. The van der Waals surface area contributed by atoms with Crippen LogP contribution in [0.1, 0.15) is 39.9 Å². The highest BCUT2D eigenvalue weighted by atomic mass is 16.5. The fraction of sp³-hybridized carbons (Fsp3) is 0.0612. The average molecular weight is 668 g/mol. The summed E-state index contributed by atoms with van der Waals surface area (Å²) in [6.45, 7) is 0. The SMILES string of the molecule is C1=Cc2c(n(-c3ccccc3)c3cc(-c4ccc5c(c4)Oc4cc(-c6ccccc6)ccc4C54c5ccccc5Oc5ccccc54)ccc23)CC1. The van der Waals surface area contributed by atoms with Crippen LogP contribution in [0.5, 0.6) is 23.0 Å². The molecule has 0 bridgehead atoms. The number of hydrogen-bond donors (Lipinski definition) is 0. The van der Waals surface area contributed by atoms with Crippen molar-refractivity contribution in [3.8, 4) is 50.9 Å². The smallest absolute Gasteiger partial charge is 0.132 e. The van der Waals surface area contributed by atoms with Gasteiger partial charge in [0.25, 0.3) is 0 Å². The van der Waals surface area contributed by atoms with Crippen LogP contribution in [0.15, 0.2) is 170 Å². The first-order valence-corrected chi connectivity index (χ1v) is 18.1. The summed E-state index contributed by atoms with van der Waals surface area (Å²) in [7, 11) is 0. The molecule has 2 aliphatic heterocycles. The van der Waals surface area contributed by atoms with Crippen LogP contribution in [0, 0.1) is 0 Å². The van der Waals surface area contributed by atoms with Crippen molar-refractivity contribution in [2.45, 2.75) is 18.3 Å². The number of fused-ring (bicyclic) bond motifs is 11. The van der Waals surface area contributed by atoms with E-state index in [1.165, 1.54) is 27.8 Å².